The van der Waals surface area contributed by atoms with Gasteiger partial charge in [-0.25, -0.2) is 0 Å². The van der Waals surface area contributed by atoms with Crippen molar-refractivity contribution in [3.05, 3.63) is 88.9 Å². The summed E-state index contributed by atoms with van der Waals surface area (Å²) < 4.78 is 0. The Balaban J connectivity index is 1.79. The van der Waals surface area contributed by atoms with E-state index in [0.29, 0.717) is 10.7 Å². The Morgan fingerprint density at radius 2 is 1.42 bits per heavy atom. The quantitative estimate of drug-likeness (QED) is 0.591. The van der Waals surface area contributed by atoms with Crippen molar-refractivity contribution in [3.63, 3.8) is 0 Å². The van der Waals surface area contributed by atoms with Gasteiger partial charge in [-0.2, -0.15) is 0 Å². The lowest BCUT2D eigenvalue weighted by Crippen LogP contribution is -2.56. The van der Waals surface area contributed by atoms with Gasteiger partial charge in [0.25, 0.3) is 5.91 Å². The van der Waals surface area contributed by atoms with Crippen molar-refractivity contribution in [3.8, 4) is 0 Å². The molecule has 0 N–H and O–H groups in total. The molecule has 2 amide bonds. The molecule has 0 unspecified atom stereocenters. The molecule has 0 radical (unpaired) electrons. The van der Waals surface area contributed by atoms with Gasteiger partial charge in [0.05, 0.1) is 0 Å². The van der Waals surface area contributed by atoms with E-state index < -0.39 is 6.04 Å². The molecule has 1 atom stereocenters. The third kappa shape index (κ3) is 4.14. The Bertz CT molecular complexity index is 1090. The Hall–Kier alpha value is -3.31. The average Bonchev–Trinajstić information content (AvgIpc) is 2.76. The first-order valence-corrected chi connectivity index (χ1v) is 10.5. The number of carbonyl (C=O) groups excluding carboxylic acids is 2. The fourth-order valence-corrected chi connectivity index (χ4v) is 3.90. The maximum Gasteiger partial charge on any atom is 0.255 e. The predicted octanol–water partition coefficient (Wildman–Crippen LogP) is 4.84. The molecule has 1 saturated heterocycles. The number of halogens is 1. The number of hydrogen-bond acceptors (Lipinski definition) is 3. The molecule has 3 aromatic carbocycles. The summed E-state index contributed by atoms with van der Waals surface area (Å²) in [6.45, 7) is 1.97. The Kier molecular flexibility index (Phi) is 5.70. The molecule has 0 saturated carbocycles. The van der Waals surface area contributed by atoms with E-state index in [1.54, 1.807) is 34.1 Å². The lowest BCUT2D eigenvalue weighted by Gasteiger charge is -2.40. The molecule has 0 aromatic heterocycles. The maximum absolute atomic E-state index is 13.7. The predicted molar refractivity (Wildman–Crippen MR) is 126 cm³/mol. The van der Waals surface area contributed by atoms with Crippen LogP contribution in [-0.2, 0) is 9.59 Å². The second-order valence-corrected chi connectivity index (χ2v) is 8.33. The van der Waals surface area contributed by atoms with E-state index in [1.165, 1.54) is 0 Å². The number of benzene rings is 3. The highest BCUT2D eigenvalue weighted by Gasteiger charge is 2.41. The van der Waals surface area contributed by atoms with Crippen molar-refractivity contribution in [2.24, 2.45) is 0 Å². The second-order valence-electron chi connectivity index (χ2n) is 7.89. The molecule has 1 heterocycles. The summed E-state index contributed by atoms with van der Waals surface area (Å²) in [5.74, 6) is -0.291. The van der Waals surface area contributed by atoms with Crippen molar-refractivity contribution >= 4 is 40.5 Å². The zero-order valence-corrected chi connectivity index (χ0v) is 18.5. The van der Waals surface area contributed by atoms with E-state index in [0.717, 1.165) is 22.5 Å². The monoisotopic (exact) mass is 433 g/mol. The van der Waals surface area contributed by atoms with Crippen molar-refractivity contribution < 1.29 is 9.59 Å². The number of rotatable bonds is 4. The molecule has 31 heavy (non-hydrogen) atoms. The van der Waals surface area contributed by atoms with E-state index >= 15 is 0 Å². The Labute approximate surface area is 187 Å². The number of piperazine rings is 1. The summed E-state index contributed by atoms with van der Waals surface area (Å²) in [5.41, 5.74) is 4.24. The first kappa shape index (κ1) is 20.9. The lowest BCUT2D eigenvalue weighted by atomic mass is 9.99. The summed E-state index contributed by atoms with van der Waals surface area (Å²) in [6.07, 6.45) is 0. The van der Waals surface area contributed by atoms with Crippen LogP contribution in [-0.4, -0.2) is 32.5 Å². The number of aryl methyl sites for hydroxylation is 1. The summed E-state index contributed by atoms with van der Waals surface area (Å²) in [7, 11) is 3.92. The van der Waals surface area contributed by atoms with Gasteiger partial charge in [0.15, 0.2) is 0 Å². The van der Waals surface area contributed by atoms with Crippen molar-refractivity contribution in [2.75, 3.05) is 35.3 Å². The molecule has 0 spiro atoms. The smallest absolute Gasteiger partial charge is 0.255 e. The molecular formula is C25H24ClN3O2. The topological polar surface area (TPSA) is 43.9 Å². The van der Waals surface area contributed by atoms with Crippen LogP contribution in [0.2, 0.25) is 5.02 Å². The van der Waals surface area contributed by atoms with Gasteiger partial charge in [0.1, 0.15) is 12.6 Å². The molecule has 3 aromatic rings. The van der Waals surface area contributed by atoms with Crippen LogP contribution in [0.15, 0.2) is 72.8 Å². The summed E-state index contributed by atoms with van der Waals surface area (Å²) >= 11 is 6.05. The van der Waals surface area contributed by atoms with Gasteiger partial charge >= 0.3 is 0 Å². The van der Waals surface area contributed by atoms with Gasteiger partial charge in [-0.05, 0) is 61.0 Å². The third-order valence-electron chi connectivity index (χ3n) is 5.50. The first-order valence-electron chi connectivity index (χ1n) is 10.1. The summed E-state index contributed by atoms with van der Waals surface area (Å²) in [6, 6.07) is 21.6. The highest BCUT2D eigenvalue weighted by Crippen LogP contribution is 2.35. The summed E-state index contributed by atoms with van der Waals surface area (Å²) in [5, 5.41) is 0.577. The second kappa shape index (κ2) is 8.44. The van der Waals surface area contributed by atoms with Crippen molar-refractivity contribution in [2.45, 2.75) is 13.0 Å². The molecule has 6 heteroatoms. The van der Waals surface area contributed by atoms with Crippen LogP contribution >= 0.6 is 11.6 Å². The highest BCUT2D eigenvalue weighted by atomic mass is 35.5. The number of amides is 2. The van der Waals surface area contributed by atoms with E-state index in [2.05, 4.69) is 0 Å². The number of carbonyl (C=O) groups is 2. The van der Waals surface area contributed by atoms with Crippen molar-refractivity contribution in [1.82, 2.24) is 0 Å². The Morgan fingerprint density at radius 3 is 2.00 bits per heavy atom. The molecular weight excluding hydrogens is 410 g/mol. The van der Waals surface area contributed by atoms with E-state index in [4.69, 9.17) is 11.6 Å². The van der Waals surface area contributed by atoms with Crippen LogP contribution < -0.4 is 14.7 Å². The fourth-order valence-electron chi connectivity index (χ4n) is 3.78. The molecule has 1 aliphatic rings. The van der Waals surface area contributed by atoms with Gasteiger partial charge in [-0.3, -0.25) is 14.5 Å². The van der Waals surface area contributed by atoms with Gasteiger partial charge in [-0.15, -0.1) is 0 Å². The van der Waals surface area contributed by atoms with Crippen LogP contribution in [0.25, 0.3) is 0 Å². The molecule has 158 valence electrons. The molecule has 5 nitrogen and oxygen atoms in total. The number of anilines is 3. The van der Waals surface area contributed by atoms with Crippen LogP contribution in [0.1, 0.15) is 17.2 Å². The van der Waals surface area contributed by atoms with E-state index in [-0.39, 0.29) is 18.4 Å². The lowest BCUT2D eigenvalue weighted by molar-refractivity contribution is -0.128. The molecule has 4 rings (SSSR count). The van der Waals surface area contributed by atoms with Gasteiger partial charge < -0.3 is 9.80 Å². The summed E-state index contributed by atoms with van der Waals surface area (Å²) in [4.78, 5) is 32.2. The number of hydrogen-bond donors (Lipinski definition) is 0. The van der Waals surface area contributed by atoms with Crippen LogP contribution in [0.5, 0.6) is 0 Å². The van der Waals surface area contributed by atoms with Gasteiger partial charge in [0, 0.05) is 36.2 Å². The molecule has 1 fully saturated rings. The number of nitrogens with zero attached hydrogens (tertiary/aromatic N) is 3. The van der Waals surface area contributed by atoms with Crippen LogP contribution in [0.4, 0.5) is 17.1 Å². The Morgan fingerprint density at radius 1 is 0.839 bits per heavy atom. The third-order valence-corrected chi connectivity index (χ3v) is 5.75. The van der Waals surface area contributed by atoms with E-state index in [9.17, 15) is 9.59 Å². The SMILES string of the molecule is Cc1ccc(N2CC(=O)N(c3ccc(Cl)cc3)[C@@H](c3ccc(N(C)C)cc3)C2=O)cc1. The van der Waals surface area contributed by atoms with Gasteiger partial charge in [0.2, 0.25) is 5.91 Å². The standard InChI is InChI=1S/C25H24ClN3O2/c1-17-4-10-21(11-5-17)28-16-23(30)29(22-14-8-19(26)9-15-22)24(25(28)31)18-6-12-20(13-7-18)27(2)3/h4-15,24H,16H2,1-3H3/t24-/m0/s1. The molecule has 0 bridgehead atoms. The first-order chi connectivity index (χ1) is 14.8. The normalized spacial score (nSPS) is 16.6. The van der Waals surface area contributed by atoms with Crippen LogP contribution in [0, 0.1) is 6.92 Å². The largest absolute Gasteiger partial charge is 0.378 e. The fraction of sp³-hybridized carbons (Fsp3) is 0.200. The van der Waals surface area contributed by atoms with Gasteiger partial charge in [-0.1, -0.05) is 41.4 Å². The minimum Gasteiger partial charge on any atom is -0.378 e. The minimum absolute atomic E-state index is 0.0171. The molecule has 1 aliphatic heterocycles. The minimum atomic E-state index is -0.764. The highest BCUT2D eigenvalue weighted by molar-refractivity contribution is 6.30. The van der Waals surface area contributed by atoms with E-state index in [1.807, 2.05) is 74.4 Å². The van der Waals surface area contributed by atoms with Crippen LogP contribution in [0.3, 0.4) is 0 Å². The maximum atomic E-state index is 13.7. The molecule has 0 aliphatic carbocycles. The van der Waals surface area contributed by atoms with Crippen molar-refractivity contribution in [1.29, 1.82) is 0 Å². The zero-order chi connectivity index (χ0) is 22.1. The average molecular weight is 434 g/mol. The zero-order valence-electron chi connectivity index (χ0n) is 17.7.